The lowest BCUT2D eigenvalue weighted by molar-refractivity contribution is 0.0697. The normalized spacial score (nSPS) is 10.9. The van der Waals surface area contributed by atoms with Gasteiger partial charge in [-0.05, 0) is 18.2 Å². The number of benzene rings is 1. The van der Waals surface area contributed by atoms with Gasteiger partial charge in [-0.1, -0.05) is 0 Å². The maximum absolute atomic E-state index is 11.0. The zero-order valence-electron chi connectivity index (χ0n) is 9.58. The highest BCUT2D eigenvalue weighted by Crippen LogP contribution is 2.22. The van der Waals surface area contributed by atoms with Gasteiger partial charge in [-0.2, -0.15) is 0 Å². The van der Waals surface area contributed by atoms with Crippen LogP contribution in [0, 0.1) is 0 Å². The summed E-state index contributed by atoms with van der Waals surface area (Å²) >= 11 is 0. The van der Waals surface area contributed by atoms with Gasteiger partial charge in [-0.15, -0.1) is 0 Å². The Morgan fingerprint density at radius 3 is 2.94 bits per heavy atom. The second-order valence-corrected chi connectivity index (χ2v) is 3.87. The van der Waals surface area contributed by atoms with E-state index in [9.17, 15) is 4.79 Å². The van der Waals surface area contributed by atoms with Crippen molar-refractivity contribution in [2.75, 3.05) is 12.4 Å². The summed E-state index contributed by atoms with van der Waals surface area (Å²) in [7, 11) is 1.78. The van der Waals surface area contributed by atoms with Crippen molar-refractivity contribution in [3.63, 3.8) is 0 Å². The molecule has 90 valence electrons. The number of carbonyl (C=O) groups is 1. The van der Waals surface area contributed by atoms with E-state index in [2.05, 4.69) is 15.3 Å². The van der Waals surface area contributed by atoms with Gasteiger partial charge in [0.25, 0.3) is 0 Å². The zero-order chi connectivity index (χ0) is 12.7. The highest BCUT2D eigenvalue weighted by atomic mass is 16.4. The Morgan fingerprint density at radius 2 is 2.22 bits per heavy atom. The van der Waals surface area contributed by atoms with E-state index in [0.29, 0.717) is 5.82 Å². The number of hydrogen-bond acceptors (Lipinski definition) is 4. The lowest BCUT2D eigenvalue weighted by Crippen LogP contribution is -2.01. The molecule has 0 unspecified atom stereocenters. The maximum Gasteiger partial charge on any atom is 0.335 e. The number of aromatic nitrogens is 3. The Labute approximate surface area is 102 Å². The van der Waals surface area contributed by atoms with Crippen LogP contribution in [0.4, 0.5) is 5.82 Å². The molecule has 18 heavy (non-hydrogen) atoms. The zero-order valence-corrected chi connectivity index (χ0v) is 9.58. The molecule has 6 heteroatoms. The van der Waals surface area contributed by atoms with Gasteiger partial charge >= 0.3 is 5.97 Å². The third-order valence-electron chi connectivity index (χ3n) is 2.83. The van der Waals surface area contributed by atoms with Crippen molar-refractivity contribution in [3.05, 3.63) is 36.3 Å². The summed E-state index contributed by atoms with van der Waals surface area (Å²) in [6.07, 6.45) is 3.33. The minimum absolute atomic E-state index is 0.233. The van der Waals surface area contributed by atoms with Crippen molar-refractivity contribution in [2.45, 2.75) is 0 Å². The summed E-state index contributed by atoms with van der Waals surface area (Å²) < 4.78 is 1.82. The number of imidazole rings is 1. The Bertz CT molecular complexity index is 763. The van der Waals surface area contributed by atoms with Crippen molar-refractivity contribution in [3.8, 4) is 0 Å². The molecular weight excluding hydrogens is 232 g/mol. The average Bonchev–Trinajstić information content (AvgIpc) is 2.86. The number of aromatic carboxylic acids is 1. The number of nitrogens with zero attached hydrogens (tertiary/aromatic N) is 3. The van der Waals surface area contributed by atoms with Crippen LogP contribution in [-0.4, -0.2) is 32.5 Å². The van der Waals surface area contributed by atoms with Gasteiger partial charge in [0.15, 0.2) is 5.82 Å². The van der Waals surface area contributed by atoms with Crippen LogP contribution in [0.2, 0.25) is 0 Å². The first-order chi connectivity index (χ1) is 8.70. The smallest absolute Gasteiger partial charge is 0.335 e. The van der Waals surface area contributed by atoms with Crippen LogP contribution in [-0.2, 0) is 0 Å². The number of carboxylic acid groups (broad SMARTS) is 1. The first-order valence-electron chi connectivity index (χ1n) is 5.37. The monoisotopic (exact) mass is 242 g/mol. The fraction of sp³-hybridized carbons (Fsp3) is 0.0833. The first kappa shape index (κ1) is 10.5. The van der Waals surface area contributed by atoms with Gasteiger partial charge < -0.3 is 10.4 Å². The topological polar surface area (TPSA) is 79.5 Å². The quantitative estimate of drug-likeness (QED) is 0.713. The van der Waals surface area contributed by atoms with E-state index >= 15 is 0 Å². The van der Waals surface area contributed by atoms with Crippen LogP contribution in [0.1, 0.15) is 10.4 Å². The maximum atomic E-state index is 11.0. The summed E-state index contributed by atoms with van der Waals surface area (Å²) in [4.78, 5) is 19.5. The molecule has 0 fully saturated rings. The molecule has 0 aliphatic rings. The van der Waals surface area contributed by atoms with Crippen molar-refractivity contribution >= 4 is 28.3 Å². The molecule has 6 nitrogen and oxygen atoms in total. The molecule has 0 saturated carbocycles. The SMILES string of the molecule is CNc1nc2ccc(C(=O)O)cc2n2cncc12. The molecule has 3 aromatic rings. The van der Waals surface area contributed by atoms with E-state index in [1.807, 2.05) is 4.40 Å². The van der Waals surface area contributed by atoms with Gasteiger partial charge in [-0.3, -0.25) is 4.40 Å². The van der Waals surface area contributed by atoms with Crippen molar-refractivity contribution in [1.82, 2.24) is 14.4 Å². The number of hydrogen-bond donors (Lipinski definition) is 2. The molecule has 0 radical (unpaired) electrons. The van der Waals surface area contributed by atoms with Crippen LogP contribution < -0.4 is 5.32 Å². The molecular formula is C12H10N4O2. The highest BCUT2D eigenvalue weighted by Gasteiger charge is 2.10. The Balaban J connectivity index is 2.44. The largest absolute Gasteiger partial charge is 0.478 e. The summed E-state index contributed by atoms with van der Waals surface area (Å²) in [6, 6.07) is 4.83. The summed E-state index contributed by atoms with van der Waals surface area (Å²) in [5, 5.41) is 12.0. The highest BCUT2D eigenvalue weighted by molar-refractivity contribution is 5.93. The van der Waals surface area contributed by atoms with E-state index < -0.39 is 5.97 Å². The van der Waals surface area contributed by atoms with Gasteiger partial charge in [0, 0.05) is 7.05 Å². The number of anilines is 1. The predicted molar refractivity (Wildman–Crippen MR) is 67.0 cm³/mol. The van der Waals surface area contributed by atoms with E-state index in [0.717, 1.165) is 16.6 Å². The molecule has 0 bridgehead atoms. The van der Waals surface area contributed by atoms with Gasteiger partial charge in [0.2, 0.25) is 0 Å². The van der Waals surface area contributed by atoms with Crippen LogP contribution in [0.25, 0.3) is 16.6 Å². The molecule has 0 aliphatic carbocycles. The molecule has 2 heterocycles. The second kappa shape index (κ2) is 3.69. The third kappa shape index (κ3) is 1.39. The fourth-order valence-corrected chi connectivity index (χ4v) is 1.97. The lowest BCUT2D eigenvalue weighted by Gasteiger charge is -2.07. The lowest BCUT2D eigenvalue weighted by atomic mass is 10.2. The fourth-order valence-electron chi connectivity index (χ4n) is 1.97. The molecule has 0 aliphatic heterocycles. The standard InChI is InChI=1S/C12H10N4O2/c1-13-11-10-5-14-6-16(10)9-4-7(12(17)18)2-3-8(9)15-11/h2-6H,1H3,(H,13,15)(H,17,18). The summed E-state index contributed by atoms with van der Waals surface area (Å²) in [5.41, 5.74) is 2.49. The number of rotatable bonds is 2. The third-order valence-corrected chi connectivity index (χ3v) is 2.83. The minimum Gasteiger partial charge on any atom is -0.478 e. The molecule has 0 atom stereocenters. The summed E-state index contributed by atoms with van der Waals surface area (Å²) in [5.74, 6) is -0.245. The molecule has 2 N–H and O–H groups in total. The Hall–Kier alpha value is -2.63. The van der Waals surface area contributed by atoms with Crippen LogP contribution in [0.15, 0.2) is 30.7 Å². The first-order valence-corrected chi connectivity index (χ1v) is 5.37. The average molecular weight is 242 g/mol. The van der Waals surface area contributed by atoms with Gasteiger partial charge in [0.05, 0.1) is 29.1 Å². The van der Waals surface area contributed by atoms with Gasteiger partial charge in [0.1, 0.15) is 5.52 Å². The number of fused-ring (bicyclic) bond motifs is 3. The van der Waals surface area contributed by atoms with E-state index in [1.54, 1.807) is 37.8 Å². The van der Waals surface area contributed by atoms with Gasteiger partial charge in [-0.25, -0.2) is 14.8 Å². The summed E-state index contributed by atoms with van der Waals surface area (Å²) in [6.45, 7) is 0. The molecule has 3 rings (SSSR count). The van der Waals surface area contributed by atoms with E-state index in [1.165, 1.54) is 0 Å². The Morgan fingerprint density at radius 1 is 1.39 bits per heavy atom. The van der Waals surface area contributed by atoms with Crippen LogP contribution in [0.5, 0.6) is 0 Å². The van der Waals surface area contributed by atoms with Crippen molar-refractivity contribution in [1.29, 1.82) is 0 Å². The van der Waals surface area contributed by atoms with E-state index in [4.69, 9.17) is 5.11 Å². The predicted octanol–water partition coefficient (Wildman–Crippen LogP) is 1.62. The molecule has 0 saturated heterocycles. The molecule has 0 amide bonds. The van der Waals surface area contributed by atoms with Crippen LogP contribution >= 0.6 is 0 Å². The van der Waals surface area contributed by atoms with Crippen molar-refractivity contribution < 1.29 is 9.90 Å². The second-order valence-electron chi connectivity index (χ2n) is 3.87. The molecule has 2 aromatic heterocycles. The van der Waals surface area contributed by atoms with E-state index in [-0.39, 0.29) is 5.56 Å². The van der Waals surface area contributed by atoms with Crippen molar-refractivity contribution in [2.24, 2.45) is 0 Å². The number of nitrogens with one attached hydrogen (secondary N) is 1. The molecule has 1 aromatic carbocycles. The minimum atomic E-state index is -0.956. The van der Waals surface area contributed by atoms with Crippen LogP contribution in [0.3, 0.4) is 0 Å². The number of carboxylic acids is 1. The Kier molecular flexibility index (Phi) is 2.16. The molecule has 0 spiro atoms.